The van der Waals surface area contributed by atoms with Crippen molar-refractivity contribution < 1.29 is 17.9 Å². The Labute approximate surface area is 179 Å². The molecule has 1 heterocycles. The summed E-state index contributed by atoms with van der Waals surface area (Å²) in [6.45, 7) is 2.47. The van der Waals surface area contributed by atoms with Crippen LogP contribution in [0.1, 0.15) is 30.1 Å². The Hall–Kier alpha value is -2.49. The van der Waals surface area contributed by atoms with Crippen LogP contribution in [-0.4, -0.2) is 42.9 Å². The van der Waals surface area contributed by atoms with Crippen LogP contribution in [-0.2, 0) is 17.1 Å². The summed E-state index contributed by atoms with van der Waals surface area (Å²) in [5, 5.41) is 0. The highest BCUT2D eigenvalue weighted by Crippen LogP contribution is 2.30. The van der Waals surface area contributed by atoms with Gasteiger partial charge in [0.1, 0.15) is 11.3 Å². The van der Waals surface area contributed by atoms with Crippen LogP contribution in [0.15, 0.2) is 52.4 Å². The van der Waals surface area contributed by atoms with Gasteiger partial charge in [0.15, 0.2) is 4.80 Å². The second-order valence-electron chi connectivity index (χ2n) is 7.17. The zero-order valence-electron chi connectivity index (χ0n) is 17.0. The smallest absolute Gasteiger partial charge is 0.279 e. The van der Waals surface area contributed by atoms with E-state index in [2.05, 4.69) is 4.99 Å². The predicted molar refractivity (Wildman–Crippen MR) is 116 cm³/mol. The largest absolute Gasteiger partial charge is 0.492 e. The molecule has 1 saturated carbocycles. The number of sulfonamides is 1. The number of amides is 1. The van der Waals surface area contributed by atoms with E-state index in [1.54, 1.807) is 7.05 Å². The average Bonchev–Trinajstić information content (AvgIpc) is 3.53. The second-order valence-corrected chi connectivity index (χ2v) is 10.2. The number of ether oxygens (including phenoxy) is 1. The van der Waals surface area contributed by atoms with Crippen LogP contribution in [0.3, 0.4) is 0 Å². The molecular formula is C21H23N3O4S2. The molecule has 7 nitrogen and oxygen atoms in total. The van der Waals surface area contributed by atoms with Crippen molar-refractivity contribution in [1.29, 1.82) is 0 Å². The number of thiazole rings is 1. The van der Waals surface area contributed by atoms with E-state index in [-0.39, 0.29) is 10.9 Å². The Kier molecular flexibility index (Phi) is 5.52. The summed E-state index contributed by atoms with van der Waals surface area (Å²) in [5.41, 5.74) is 1.23. The lowest BCUT2D eigenvalue weighted by Gasteiger charge is -2.16. The van der Waals surface area contributed by atoms with E-state index >= 15 is 0 Å². The molecule has 0 saturated heterocycles. The van der Waals surface area contributed by atoms with Gasteiger partial charge in [0, 0.05) is 25.7 Å². The summed E-state index contributed by atoms with van der Waals surface area (Å²) in [5.74, 6) is 0.326. The quantitative estimate of drug-likeness (QED) is 0.584. The summed E-state index contributed by atoms with van der Waals surface area (Å²) in [7, 11) is -0.0952. The molecule has 1 fully saturated rings. The number of nitrogens with zero attached hydrogens (tertiary/aromatic N) is 3. The van der Waals surface area contributed by atoms with Gasteiger partial charge in [0.2, 0.25) is 10.0 Å². The molecule has 9 heteroatoms. The number of carbonyl (C=O) groups excluding carboxylic acids is 1. The fourth-order valence-electron chi connectivity index (χ4n) is 3.27. The summed E-state index contributed by atoms with van der Waals surface area (Å²) in [6, 6.07) is 11.8. The van der Waals surface area contributed by atoms with E-state index in [0.717, 1.165) is 28.8 Å². The molecule has 1 aliphatic rings. The number of fused-ring (bicyclic) bond motifs is 1. The lowest BCUT2D eigenvalue weighted by Crippen LogP contribution is -2.28. The zero-order valence-corrected chi connectivity index (χ0v) is 18.7. The first-order valence-electron chi connectivity index (χ1n) is 9.71. The molecule has 3 aromatic rings. The van der Waals surface area contributed by atoms with Crippen molar-refractivity contribution in [3.8, 4) is 5.75 Å². The normalized spacial score (nSPS) is 15.1. The fraction of sp³-hybridized carbons (Fsp3) is 0.333. The number of para-hydroxylation sites is 1. The van der Waals surface area contributed by atoms with Gasteiger partial charge in [0.05, 0.1) is 16.2 Å². The van der Waals surface area contributed by atoms with Gasteiger partial charge >= 0.3 is 0 Å². The van der Waals surface area contributed by atoms with Crippen molar-refractivity contribution in [2.45, 2.75) is 30.7 Å². The van der Waals surface area contributed by atoms with Gasteiger partial charge < -0.3 is 9.30 Å². The average molecular weight is 446 g/mol. The van der Waals surface area contributed by atoms with Gasteiger partial charge in [-0.25, -0.2) is 8.42 Å². The third kappa shape index (κ3) is 3.80. The lowest BCUT2D eigenvalue weighted by molar-refractivity contribution is 0.0998. The SMILES string of the molecule is CCOc1cccc2sc(=NC(=O)c3ccc(S(=O)(=O)N(C)C4CC4)cc3)n(C)c12. The molecule has 0 atom stereocenters. The minimum Gasteiger partial charge on any atom is -0.492 e. The van der Waals surface area contributed by atoms with Crippen molar-refractivity contribution in [3.63, 3.8) is 0 Å². The second kappa shape index (κ2) is 7.98. The molecule has 0 unspecified atom stereocenters. The highest BCUT2D eigenvalue weighted by Gasteiger charge is 2.35. The first-order chi connectivity index (χ1) is 14.3. The van der Waals surface area contributed by atoms with Crippen molar-refractivity contribution in [2.24, 2.45) is 12.0 Å². The first kappa shape index (κ1) is 20.8. The Morgan fingerprint density at radius 3 is 2.57 bits per heavy atom. The fourth-order valence-corrected chi connectivity index (χ4v) is 5.72. The topological polar surface area (TPSA) is 81.0 Å². The van der Waals surface area contributed by atoms with E-state index in [1.807, 2.05) is 36.7 Å². The van der Waals surface area contributed by atoms with Gasteiger partial charge in [-0.2, -0.15) is 9.30 Å². The highest BCUT2D eigenvalue weighted by atomic mass is 32.2. The minimum atomic E-state index is -3.54. The monoisotopic (exact) mass is 445 g/mol. The molecule has 0 radical (unpaired) electrons. The molecule has 0 aliphatic heterocycles. The number of rotatable bonds is 6. The summed E-state index contributed by atoms with van der Waals surface area (Å²) < 4.78 is 35.1. The molecule has 0 spiro atoms. The standard InChI is InChI=1S/C21H23N3O4S2/c1-4-28-17-6-5-7-18-19(17)23(2)21(29-18)22-20(25)14-8-12-16(13-9-14)30(26,27)24(3)15-10-11-15/h5-9,12-13,15H,4,10-11H2,1-3H3. The maximum Gasteiger partial charge on any atom is 0.279 e. The molecule has 1 aliphatic carbocycles. The number of benzene rings is 2. The van der Waals surface area contributed by atoms with Crippen LogP contribution < -0.4 is 9.54 Å². The minimum absolute atomic E-state index is 0.0841. The van der Waals surface area contributed by atoms with E-state index in [0.29, 0.717) is 17.0 Å². The van der Waals surface area contributed by atoms with Gasteiger partial charge in [-0.1, -0.05) is 17.4 Å². The van der Waals surface area contributed by atoms with Crippen LogP contribution >= 0.6 is 11.3 Å². The summed E-state index contributed by atoms with van der Waals surface area (Å²) in [4.78, 5) is 17.7. The number of aromatic nitrogens is 1. The molecular weight excluding hydrogens is 422 g/mol. The zero-order chi connectivity index (χ0) is 21.5. The van der Waals surface area contributed by atoms with Gasteiger partial charge in [0.25, 0.3) is 5.91 Å². The van der Waals surface area contributed by atoms with Crippen LogP contribution in [0.4, 0.5) is 0 Å². The molecule has 0 N–H and O–H groups in total. The number of aryl methyl sites for hydroxylation is 1. The van der Waals surface area contributed by atoms with Crippen molar-refractivity contribution in [3.05, 3.63) is 52.8 Å². The molecule has 0 bridgehead atoms. The number of hydrogen-bond acceptors (Lipinski definition) is 5. The van der Waals surface area contributed by atoms with Crippen LogP contribution in [0.25, 0.3) is 10.2 Å². The Balaban J connectivity index is 1.65. The van der Waals surface area contributed by atoms with Crippen molar-refractivity contribution >= 4 is 37.5 Å². The third-order valence-electron chi connectivity index (χ3n) is 5.12. The summed E-state index contributed by atoms with van der Waals surface area (Å²) in [6.07, 6.45) is 1.78. The van der Waals surface area contributed by atoms with E-state index in [4.69, 9.17) is 4.74 Å². The van der Waals surface area contributed by atoms with Crippen molar-refractivity contribution in [1.82, 2.24) is 8.87 Å². The Morgan fingerprint density at radius 2 is 1.93 bits per heavy atom. The van der Waals surface area contributed by atoms with Crippen LogP contribution in [0.2, 0.25) is 0 Å². The van der Waals surface area contributed by atoms with E-state index in [9.17, 15) is 13.2 Å². The van der Waals surface area contributed by atoms with E-state index in [1.165, 1.54) is 39.9 Å². The van der Waals surface area contributed by atoms with E-state index < -0.39 is 15.9 Å². The van der Waals surface area contributed by atoms with Crippen LogP contribution in [0.5, 0.6) is 5.75 Å². The van der Waals surface area contributed by atoms with Gasteiger partial charge in [-0.15, -0.1) is 0 Å². The van der Waals surface area contributed by atoms with Crippen LogP contribution in [0, 0.1) is 0 Å². The maximum atomic E-state index is 12.7. The number of carbonyl (C=O) groups is 1. The molecule has 4 rings (SSSR count). The Morgan fingerprint density at radius 1 is 1.23 bits per heavy atom. The molecule has 2 aromatic carbocycles. The van der Waals surface area contributed by atoms with Gasteiger partial charge in [-0.05, 0) is 56.2 Å². The number of hydrogen-bond donors (Lipinski definition) is 0. The van der Waals surface area contributed by atoms with Gasteiger partial charge in [-0.3, -0.25) is 4.79 Å². The predicted octanol–water partition coefficient (Wildman–Crippen LogP) is 3.16. The molecule has 1 amide bonds. The summed E-state index contributed by atoms with van der Waals surface area (Å²) >= 11 is 1.40. The third-order valence-corrected chi connectivity index (χ3v) is 8.14. The molecule has 1 aromatic heterocycles. The lowest BCUT2D eigenvalue weighted by atomic mass is 10.2. The Bertz CT molecular complexity index is 1270. The molecule has 30 heavy (non-hydrogen) atoms. The first-order valence-corrected chi connectivity index (χ1v) is 12.0. The van der Waals surface area contributed by atoms with Crippen molar-refractivity contribution in [2.75, 3.05) is 13.7 Å². The molecule has 158 valence electrons. The maximum absolute atomic E-state index is 12.7. The highest BCUT2D eigenvalue weighted by molar-refractivity contribution is 7.89.